The monoisotopic (exact) mass is 861 g/mol. The minimum absolute atomic E-state index is 0.0556. The van der Waals surface area contributed by atoms with Crippen molar-refractivity contribution in [1.82, 2.24) is 0 Å². The Morgan fingerprint density at radius 1 is 0.565 bits per heavy atom. The third kappa shape index (κ3) is 7.63. The number of methoxy groups -OCH3 is 2. The van der Waals surface area contributed by atoms with Crippen LogP contribution in [0.2, 0.25) is 0 Å². The van der Waals surface area contributed by atoms with Crippen molar-refractivity contribution in [1.29, 1.82) is 0 Å². The Balaban J connectivity index is 0.971. The Labute approximate surface area is 374 Å². The Kier molecular flexibility index (Phi) is 13.0. The third-order valence-corrected chi connectivity index (χ3v) is 21.9. The van der Waals surface area contributed by atoms with Gasteiger partial charge in [-0.2, -0.15) is 0 Å². The number of rotatable bonds is 10. The maximum atomic E-state index is 12.8. The standard InChI is InChI=1S/C54H84O8/c1-31(11-21-49(57)59-9)41-17-19-43-39-15-13-37-27-35(23-25-51(37,5)45(39)29-47(53(41,43)7)61-33(3)55)36-24-26-52(6)38(28-36)14-16-40-44-20-18-42(32(2)12-22-50(58)60-10)54(44,8)48(30-46(40)52)62-34(4)56/h31-32,37-48H,11-30H2,1-10H3/b36-35+/t31-,32-,37-,38-,39?,40?,41-,42-,43?,44?,45?,46?,47+,48+,51+,52+,53-,54-/m1/s1. The fraction of sp³-hybridized carbons (Fsp3) is 0.889. The summed E-state index contributed by atoms with van der Waals surface area (Å²) < 4.78 is 22.9. The van der Waals surface area contributed by atoms with E-state index in [1.807, 2.05) is 0 Å². The highest BCUT2D eigenvalue weighted by Crippen LogP contribution is 2.72. The Morgan fingerprint density at radius 3 is 1.31 bits per heavy atom. The van der Waals surface area contributed by atoms with Gasteiger partial charge in [-0.05, 0) is 197 Å². The third-order valence-electron chi connectivity index (χ3n) is 21.9. The van der Waals surface area contributed by atoms with Crippen LogP contribution in [-0.2, 0) is 38.1 Å². The summed E-state index contributed by atoms with van der Waals surface area (Å²) >= 11 is 0. The number of hydrogen-bond donors (Lipinski definition) is 0. The average molecular weight is 861 g/mol. The molecule has 6 unspecified atom stereocenters. The van der Waals surface area contributed by atoms with Gasteiger partial charge in [0.15, 0.2) is 0 Å². The number of ether oxygens (including phenoxy) is 4. The second-order valence-electron chi connectivity index (χ2n) is 23.9. The highest BCUT2D eigenvalue weighted by Gasteiger charge is 2.67. The molecular weight excluding hydrogens is 777 g/mol. The molecule has 0 spiro atoms. The Morgan fingerprint density at radius 2 is 0.952 bits per heavy atom. The molecule has 0 heterocycles. The molecule has 0 saturated heterocycles. The summed E-state index contributed by atoms with van der Waals surface area (Å²) in [5, 5.41) is 0. The molecule has 8 aliphatic rings. The van der Waals surface area contributed by atoms with E-state index in [9.17, 15) is 19.2 Å². The predicted molar refractivity (Wildman–Crippen MR) is 240 cm³/mol. The fourth-order valence-electron chi connectivity index (χ4n) is 18.6. The zero-order valence-corrected chi connectivity index (χ0v) is 40.5. The lowest BCUT2D eigenvalue weighted by Crippen LogP contribution is -2.59. The second kappa shape index (κ2) is 17.4. The van der Waals surface area contributed by atoms with Crippen LogP contribution in [0.15, 0.2) is 11.1 Å². The van der Waals surface area contributed by atoms with Gasteiger partial charge in [-0.25, -0.2) is 0 Å². The van der Waals surface area contributed by atoms with Crippen molar-refractivity contribution >= 4 is 23.9 Å². The molecule has 0 aromatic carbocycles. The number of allylic oxidation sites excluding steroid dienone is 2. The fourth-order valence-corrected chi connectivity index (χ4v) is 18.6. The van der Waals surface area contributed by atoms with Crippen LogP contribution in [-0.4, -0.2) is 50.3 Å². The van der Waals surface area contributed by atoms with Crippen LogP contribution in [0, 0.1) is 92.7 Å². The number of esters is 4. The van der Waals surface area contributed by atoms with Gasteiger partial charge in [0.05, 0.1) is 14.2 Å². The van der Waals surface area contributed by atoms with Crippen molar-refractivity contribution in [3.8, 4) is 0 Å². The molecule has 0 aromatic heterocycles. The van der Waals surface area contributed by atoms with E-state index in [0.29, 0.717) is 83.9 Å². The SMILES string of the molecule is COC(=O)CC[C@@H](C)[C@H]1CCC2C3CC[C@@H]4C/C(=C5\CC[C@]6(C)C7C[C@H](OC(C)=O)[C@@]8(C)C(CC[C@@H]8[C@H](C)CCC(=O)OC)C7CC[C@@H]6C5)CC[C@]4(C)C3C[C@H](OC(C)=O)[C@@]21C. The summed E-state index contributed by atoms with van der Waals surface area (Å²) in [5.41, 5.74) is 4.00. The summed E-state index contributed by atoms with van der Waals surface area (Å²) in [4.78, 5) is 49.9. The van der Waals surface area contributed by atoms with Crippen molar-refractivity contribution in [3.05, 3.63) is 11.1 Å². The first-order chi connectivity index (χ1) is 29.4. The molecule has 8 rings (SSSR count). The van der Waals surface area contributed by atoms with Gasteiger partial charge in [-0.3, -0.25) is 19.2 Å². The molecular formula is C54H84O8. The van der Waals surface area contributed by atoms with Crippen LogP contribution in [0.1, 0.15) is 184 Å². The van der Waals surface area contributed by atoms with Crippen molar-refractivity contribution in [3.63, 3.8) is 0 Å². The van der Waals surface area contributed by atoms with Gasteiger partial charge < -0.3 is 18.9 Å². The van der Waals surface area contributed by atoms with Crippen molar-refractivity contribution in [2.24, 2.45) is 92.7 Å². The highest BCUT2D eigenvalue weighted by molar-refractivity contribution is 5.69. The minimum atomic E-state index is -0.147. The first-order valence-electron chi connectivity index (χ1n) is 25.6. The van der Waals surface area contributed by atoms with E-state index in [4.69, 9.17) is 18.9 Å². The van der Waals surface area contributed by atoms with E-state index in [0.717, 1.165) is 38.5 Å². The number of carbonyl (C=O) groups is 4. The van der Waals surface area contributed by atoms with Gasteiger partial charge in [0.1, 0.15) is 12.2 Å². The highest BCUT2D eigenvalue weighted by atomic mass is 16.5. The molecule has 0 aromatic rings. The summed E-state index contributed by atoms with van der Waals surface area (Å²) in [5.74, 6) is 6.10. The van der Waals surface area contributed by atoms with E-state index in [1.165, 1.54) is 91.3 Å². The zero-order chi connectivity index (χ0) is 44.5. The van der Waals surface area contributed by atoms with Crippen molar-refractivity contribution < 1.29 is 38.1 Å². The Bertz CT molecular complexity index is 1630. The molecule has 8 saturated carbocycles. The van der Waals surface area contributed by atoms with Crippen LogP contribution in [0.3, 0.4) is 0 Å². The minimum Gasteiger partial charge on any atom is -0.469 e. The van der Waals surface area contributed by atoms with E-state index < -0.39 is 0 Å². The van der Waals surface area contributed by atoms with Gasteiger partial charge in [0.25, 0.3) is 0 Å². The van der Waals surface area contributed by atoms with E-state index in [1.54, 1.807) is 25.0 Å². The van der Waals surface area contributed by atoms with Crippen molar-refractivity contribution in [2.75, 3.05) is 14.2 Å². The summed E-state index contributed by atoms with van der Waals surface area (Å²) in [6.45, 7) is 18.0. The number of hydrogen-bond acceptors (Lipinski definition) is 8. The predicted octanol–water partition coefficient (Wildman–Crippen LogP) is 11.9. The molecule has 0 amide bonds. The van der Waals surface area contributed by atoms with Crippen LogP contribution < -0.4 is 0 Å². The van der Waals surface area contributed by atoms with Gasteiger partial charge in [-0.1, -0.05) is 52.7 Å². The summed E-state index contributed by atoms with van der Waals surface area (Å²) in [6.07, 6.45) is 21.8. The zero-order valence-electron chi connectivity index (χ0n) is 40.5. The molecule has 0 aliphatic heterocycles. The topological polar surface area (TPSA) is 105 Å². The molecule has 62 heavy (non-hydrogen) atoms. The normalized spacial score (nSPS) is 46.6. The lowest BCUT2D eigenvalue weighted by molar-refractivity contribution is -0.193. The molecule has 0 radical (unpaired) electrons. The number of fused-ring (bicyclic) bond motifs is 10. The molecule has 18 atom stereocenters. The van der Waals surface area contributed by atoms with Gasteiger partial charge in [-0.15, -0.1) is 0 Å². The molecule has 0 bridgehead atoms. The number of carbonyl (C=O) groups excluding carboxylic acids is 4. The second-order valence-corrected chi connectivity index (χ2v) is 23.9. The molecule has 8 aliphatic carbocycles. The summed E-state index contributed by atoms with van der Waals surface area (Å²) in [7, 11) is 2.96. The van der Waals surface area contributed by atoms with Crippen LogP contribution >= 0.6 is 0 Å². The lowest BCUT2D eigenvalue weighted by atomic mass is 9.42. The summed E-state index contributed by atoms with van der Waals surface area (Å²) in [6, 6.07) is 0. The molecule has 8 heteroatoms. The van der Waals surface area contributed by atoms with Crippen LogP contribution in [0.4, 0.5) is 0 Å². The molecule has 0 N–H and O–H groups in total. The average Bonchev–Trinajstić information content (AvgIpc) is 3.79. The van der Waals surface area contributed by atoms with E-state index in [-0.39, 0.29) is 57.7 Å². The molecule has 8 fully saturated rings. The van der Waals surface area contributed by atoms with Crippen LogP contribution in [0.25, 0.3) is 0 Å². The Hall–Kier alpha value is -2.38. The quantitative estimate of drug-likeness (QED) is 0.121. The van der Waals surface area contributed by atoms with Gasteiger partial charge in [0.2, 0.25) is 0 Å². The largest absolute Gasteiger partial charge is 0.469 e. The van der Waals surface area contributed by atoms with Crippen LogP contribution in [0.5, 0.6) is 0 Å². The first kappa shape index (κ1) is 46.2. The smallest absolute Gasteiger partial charge is 0.305 e. The maximum absolute atomic E-state index is 12.8. The maximum Gasteiger partial charge on any atom is 0.305 e. The van der Waals surface area contributed by atoms with E-state index in [2.05, 4.69) is 41.5 Å². The van der Waals surface area contributed by atoms with Gasteiger partial charge in [0, 0.05) is 37.5 Å². The molecule has 8 nitrogen and oxygen atoms in total. The molecule has 348 valence electrons. The lowest BCUT2D eigenvalue weighted by Gasteiger charge is -2.63. The van der Waals surface area contributed by atoms with E-state index >= 15 is 0 Å². The van der Waals surface area contributed by atoms with Crippen molar-refractivity contribution in [2.45, 2.75) is 196 Å². The first-order valence-corrected chi connectivity index (χ1v) is 25.6. The van der Waals surface area contributed by atoms with Gasteiger partial charge >= 0.3 is 23.9 Å².